The second kappa shape index (κ2) is 7.70. The number of amides is 2. The first-order chi connectivity index (χ1) is 10.7. The highest BCUT2D eigenvalue weighted by molar-refractivity contribution is 5.89. The van der Waals surface area contributed by atoms with E-state index < -0.39 is 0 Å². The van der Waals surface area contributed by atoms with E-state index in [1.807, 2.05) is 37.3 Å². The Bertz CT molecular complexity index is 658. The van der Waals surface area contributed by atoms with Crippen LogP contribution in [0.5, 0.6) is 5.75 Å². The summed E-state index contributed by atoms with van der Waals surface area (Å²) < 4.78 is 5.36. The molecule has 0 saturated carbocycles. The van der Waals surface area contributed by atoms with Gasteiger partial charge in [0.25, 0.3) is 0 Å². The van der Waals surface area contributed by atoms with Gasteiger partial charge in [-0.3, -0.25) is 0 Å². The average Bonchev–Trinajstić information content (AvgIpc) is 2.55. The van der Waals surface area contributed by atoms with E-state index >= 15 is 0 Å². The lowest BCUT2D eigenvalue weighted by Gasteiger charge is -2.08. The van der Waals surface area contributed by atoms with E-state index in [0.717, 1.165) is 11.3 Å². The third kappa shape index (κ3) is 4.53. The van der Waals surface area contributed by atoms with Crippen LogP contribution in [0.25, 0.3) is 0 Å². The van der Waals surface area contributed by atoms with Crippen molar-refractivity contribution < 1.29 is 9.53 Å². The molecule has 0 aromatic heterocycles. The molecule has 0 bridgehead atoms. The number of urea groups is 1. The Labute approximate surface area is 129 Å². The highest BCUT2D eigenvalue weighted by Crippen LogP contribution is 2.12. The van der Waals surface area contributed by atoms with E-state index in [1.54, 1.807) is 24.3 Å². The second-order valence-electron chi connectivity index (χ2n) is 4.57. The van der Waals surface area contributed by atoms with Crippen LogP contribution in [0.15, 0.2) is 48.5 Å². The Kier molecular flexibility index (Phi) is 5.38. The third-order valence-corrected chi connectivity index (χ3v) is 2.96. The minimum absolute atomic E-state index is 0.293. The number of nitrogens with zero attached hydrogens (tertiary/aromatic N) is 1. The number of carbonyl (C=O) groups excluding carboxylic acids is 1. The third-order valence-electron chi connectivity index (χ3n) is 2.96. The van der Waals surface area contributed by atoms with E-state index in [1.165, 1.54) is 0 Å². The van der Waals surface area contributed by atoms with E-state index in [-0.39, 0.29) is 6.03 Å². The van der Waals surface area contributed by atoms with Crippen molar-refractivity contribution >= 4 is 11.7 Å². The minimum atomic E-state index is -0.293. The molecule has 0 aliphatic heterocycles. The molecule has 5 heteroatoms. The van der Waals surface area contributed by atoms with Crippen molar-refractivity contribution in [1.82, 2.24) is 5.32 Å². The molecule has 0 heterocycles. The molecule has 112 valence electrons. The smallest absolute Gasteiger partial charge is 0.319 e. The second-order valence-corrected chi connectivity index (χ2v) is 4.57. The fraction of sp³-hybridized carbons (Fsp3) is 0.176. The molecule has 0 aliphatic rings. The zero-order chi connectivity index (χ0) is 15.8. The summed E-state index contributed by atoms with van der Waals surface area (Å²) in [5, 5.41) is 14.2. The molecule has 2 amide bonds. The molecule has 5 nitrogen and oxygen atoms in total. The fourth-order valence-electron chi connectivity index (χ4n) is 1.86. The van der Waals surface area contributed by atoms with Crippen molar-refractivity contribution in [2.75, 3.05) is 11.9 Å². The molecule has 0 atom stereocenters. The van der Waals surface area contributed by atoms with E-state index in [2.05, 4.69) is 10.6 Å². The van der Waals surface area contributed by atoms with Crippen LogP contribution in [0.2, 0.25) is 0 Å². The van der Waals surface area contributed by atoms with Gasteiger partial charge in [0.05, 0.1) is 18.2 Å². The predicted molar refractivity (Wildman–Crippen MR) is 84.6 cm³/mol. The van der Waals surface area contributed by atoms with Gasteiger partial charge >= 0.3 is 6.03 Å². The average molecular weight is 295 g/mol. The summed E-state index contributed by atoms with van der Waals surface area (Å²) in [7, 11) is 0. The summed E-state index contributed by atoms with van der Waals surface area (Å²) in [6.45, 7) is 2.99. The summed E-state index contributed by atoms with van der Waals surface area (Å²) >= 11 is 0. The largest absolute Gasteiger partial charge is 0.494 e. The number of nitrogens with one attached hydrogen (secondary N) is 2. The summed E-state index contributed by atoms with van der Waals surface area (Å²) in [6.07, 6.45) is 0. The Hall–Kier alpha value is -3.00. The van der Waals surface area contributed by atoms with Gasteiger partial charge in [0, 0.05) is 12.2 Å². The van der Waals surface area contributed by atoms with Gasteiger partial charge in [-0.05, 0) is 48.9 Å². The maximum Gasteiger partial charge on any atom is 0.319 e. The lowest BCUT2D eigenvalue weighted by atomic mass is 10.2. The van der Waals surface area contributed by atoms with Crippen LogP contribution >= 0.6 is 0 Å². The van der Waals surface area contributed by atoms with Crippen LogP contribution in [0.1, 0.15) is 18.1 Å². The highest BCUT2D eigenvalue weighted by atomic mass is 16.5. The van der Waals surface area contributed by atoms with Gasteiger partial charge in [-0.2, -0.15) is 5.26 Å². The maximum atomic E-state index is 11.8. The number of benzene rings is 2. The van der Waals surface area contributed by atoms with E-state index in [0.29, 0.717) is 24.4 Å². The maximum absolute atomic E-state index is 11.8. The summed E-state index contributed by atoms with van der Waals surface area (Å²) in [5.74, 6) is 0.813. The van der Waals surface area contributed by atoms with Gasteiger partial charge in [0.15, 0.2) is 0 Å². The Morgan fingerprint density at radius 3 is 2.41 bits per heavy atom. The summed E-state index contributed by atoms with van der Waals surface area (Å²) in [6, 6.07) is 16.0. The van der Waals surface area contributed by atoms with Crippen LogP contribution in [0.3, 0.4) is 0 Å². The van der Waals surface area contributed by atoms with Crippen molar-refractivity contribution in [2.45, 2.75) is 13.5 Å². The molecule has 2 N–H and O–H groups in total. The Morgan fingerprint density at radius 1 is 1.14 bits per heavy atom. The number of carbonyl (C=O) groups is 1. The number of rotatable bonds is 5. The molecule has 0 unspecified atom stereocenters. The van der Waals surface area contributed by atoms with Crippen LogP contribution < -0.4 is 15.4 Å². The number of nitriles is 1. The van der Waals surface area contributed by atoms with Crippen LogP contribution in [0, 0.1) is 11.3 Å². The molecule has 0 aliphatic carbocycles. The van der Waals surface area contributed by atoms with Crippen molar-refractivity contribution in [3.8, 4) is 11.8 Å². The Morgan fingerprint density at radius 2 is 1.82 bits per heavy atom. The molecule has 0 radical (unpaired) electrons. The van der Waals surface area contributed by atoms with Gasteiger partial charge in [-0.25, -0.2) is 4.79 Å². The molecule has 0 saturated heterocycles. The summed E-state index contributed by atoms with van der Waals surface area (Å²) in [4.78, 5) is 11.8. The molecule has 0 spiro atoms. The lowest BCUT2D eigenvalue weighted by Crippen LogP contribution is -2.28. The van der Waals surface area contributed by atoms with Crippen LogP contribution in [-0.2, 0) is 6.54 Å². The number of hydrogen-bond acceptors (Lipinski definition) is 3. The predicted octanol–water partition coefficient (Wildman–Crippen LogP) is 3.28. The first kappa shape index (κ1) is 15.4. The quantitative estimate of drug-likeness (QED) is 0.889. The van der Waals surface area contributed by atoms with E-state index in [4.69, 9.17) is 10.00 Å². The number of ether oxygens (including phenoxy) is 1. The zero-order valence-electron chi connectivity index (χ0n) is 12.3. The molecule has 0 fully saturated rings. The first-order valence-corrected chi connectivity index (χ1v) is 6.98. The number of hydrogen-bond donors (Lipinski definition) is 2. The SMILES string of the molecule is CCOc1ccc(CNC(=O)Nc2ccc(C#N)cc2)cc1. The molecule has 2 rings (SSSR count). The first-order valence-electron chi connectivity index (χ1n) is 6.98. The van der Waals surface area contributed by atoms with Crippen LogP contribution in [0.4, 0.5) is 10.5 Å². The van der Waals surface area contributed by atoms with Crippen LogP contribution in [-0.4, -0.2) is 12.6 Å². The highest BCUT2D eigenvalue weighted by Gasteiger charge is 2.02. The minimum Gasteiger partial charge on any atom is -0.494 e. The topological polar surface area (TPSA) is 74.2 Å². The van der Waals surface area contributed by atoms with Crippen molar-refractivity contribution in [3.05, 3.63) is 59.7 Å². The molecule has 2 aromatic carbocycles. The monoisotopic (exact) mass is 295 g/mol. The van der Waals surface area contributed by atoms with Gasteiger partial charge in [-0.15, -0.1) is 0 Å². The van der Waals surface area contributed by atoms with Crippen molar-refractivity contribution in [3.63, 3.8) is 0 Å². The zero-order valence-corrected chi connectivity index (χ0v) is 12.3. The van der Waals surface area contributed by atoms with Gasteiger partial charge in [-0.1, -0.05) is 12.1 Å². The van der Waals surface area contributed by atoms with Gasteiger partial charge < -0.3 is 15.4 Å². The normalized spacial score (nSPS) is 9.64. The van der Waals surface area contributed by atoms with Gasteiger partial charge in [0.2, 0.25) is 0 Å². The molecular formula is C17H17N3O2. The molecular weight excluding hydrogens is 278 g/mol. The summed E-state index contributed by atoms with van der Waals surface area (Å²) in [5.41, 5.74) is 2.18. The molecule has 22 heavy (non-hydrogen) atoms. The Balaban J connectivity index is 1.83. The van der Waals surface area contributed by atoms with Crippen molar-refractivity contribution in [2.24, 2.45) is 0 Å². The lowest BCUT2D eigenvalue weighted by molar-refractivity contribution is 0.251. The molecule has 2 aromatic rings. The van der Waals surface area contributed by atoms with Gasteiger partial charge in [0.1, 0.15) is 5.75 Å². The van der Waals surface area contributed by atoms with E-state index in [9.17, 15) is 4.79 Å². The number of anilines is 1. The fourth-order valence-corrected chi connectivity index (χ4v) is 1.86. The van der Waals surface area contributed by atoms with Crippen molar-refractivity contribution in [1.29, 1.82) is 5.26 Å². The standard InChI is InChI=1S/C17H17N3O2/c1-2-22-16-9-5-14(6-10-16)12-19-17(21)20-15-7-3-13(11-18)4-8-15/h3-10H,2,12H2,1H3,(H2,19,20,21).